The van der Waals surface area contributed by atoms with Crippen molar-refractivity contribution in [3.63, 3.8) is 0 Å². The Kier molecular flexibility index (Phi) is 5.24. The number of nitrogens with zero attached hydrogens (tertiary/aromatic N) is 4. The predicted octanol–water partition coefficient (Wildman–Crippen LogP) is 1.93. The fraction of sp³-hybridized carbons (Fsp3) is 0.467. The summed E-state index contributed by atoms with van der Waals surface area (Å²) >= 11 is 1.36. The number of aromatic nitrogens is 4. The number of nitrogens with one attached hydrogen (secondary N) is 1. The van der Waals surface area contributed by atoms with Crippen molar-refractivity contribution >= 4 is 17.7 Å². The molecule has 122 valence electrons. The van der Waals surface area contributed by atoms with Crippen LogP contribution in [0.3, 0.4) is 0 Å². The molecule has 8 heteroatoms. The Hall–Kier alpha value is -1.93. The summed E-state index contributed by atoms with van der Waals surface area (Å²) in [5.41, 5.74) is 2.95. The maximum Gasteiger partial charge on any atom is 0.244 e. The van der Waals surface area contributed by atoms with E-state index < -0.39 is 0 Å². The fourth-order valence-electron chi connectivity index (χ4n) is 2.89. The van der Waals surface area contributed by atoms with E-state index >= 15 is 0 Å². The van der Waals surface area contributed by atoms with Crippen molar-refractivity contribution in [1.82, 2.24) is 25.2 Å². The Balaban J connectivity index is 1.92. The van der Waals surface area contributed by atoms with E-state index in [-0.39, 0.29) is 11.7 Å². The third-order valence-corrected chi connectivity index (χ3v) is 4.93. The summed E-state index contributed by atoms with van der Waals surface area (Å²) in [4.78, 5) is 15.8. The summed E-state index contributed by atoms with van der Waals surface area (Å²) in [6.45, 7) is 0. The quantitative estimate of drug-likeness (QED) is 0.376. The third-order valence-electron chi connectivity index (χ3n) is 3.99. The van der Waals surface area contributed by atoms with Crippen molar-refractivity contribution in [2.24, 2.45) is 5.84 Å². The monoisotopic (exact) mass is 332 g/mol. The molecule has 1 saturated carbocycles. The number of hydrogen-bond donors (Lipinski definition) is 2. The number of nitrogens with two attached hydrogens (primary N) is 1. The molecule has 1 aliphatic carbocycles. The maximum atomic E-state index is 11.4. The molecule has 0 saturated heterocycles. The van der Waals surface area contributed by atoms with Gasteiger partial charge in [0.05, 0.1) is 5.75 Å². The Morgan fingerprint density at radius 2 is 2.13 bits per heavy atom. The van der Waals surface area contributed by atoms with Gasteiger partial charge in [0.25, 0.3) is 0 Å². The second-order valence-electron chi connectivity index (χ2n) is 5.54. The van der Waals surface area contributed by atoms with Gasteiger partial charge in [-0.2, -0.15) is 0 Å². The smallest absolute Gasteiger partial charge is 0.244 e. The van der Waals surface area contributed by atoms with Gasteiger partial charge < -0.3 is 0 Å². The molecule has 0 spiro atoms. The zero-order chi connectivity index (χ0) is 16.1. The largest absolute Gasteiger partial charge is 0.298 e. The van der Waals surface area contributed by atoms with E-state index in [9.17, 15) is 4.79 Å². The fourth-order valence-corrected chi connectivity index (χ4v) is 3.70. The Morgan fingerprint density at radius 3 is 2.83 bits per heavy atom. The van der Waals surface area contributed by atoms with Gasteiger partial charge in [-0.25, -0.2) is 5.84 Å². The van der Waals surface area contributed by atoms with Gasteiger partial charge in [0.2, 0.25) is 5.91 Å². The lowest BCUT2D eigenvalue weighted by molar-refractivity contribution is -0.118. The molecule has 2 aromatic rings. The molecule has 2 aromatic heterocycles. The summed E-state index contributed by atoms with van der Waals surface area (Å²) in [7, 11) is 0. The van der Waals surface area contributed by atoms with Gasteiger partial charge in [-0.1, -0.05) is 37.1 Å². The number of carbonyl (C=O) groups excluding carboxylic acids is 1. The van der Waals surface area contributed by atoms with Crippen molar-refractivity contribution in [3.05, 3.63) is 24.4 Å². The van der Waals surface area contributed by atoms with Gasteiger partial charge in [0, 0.05) is 12.2 Å². The molecule has 2 heterocycles. The minimum Gasteiger partial charge on any atom is -0.298 e. The average molecular weight is 332 g/mol. The van der Waals surface area contributed by atoms with Gasteiger partial charge in [0.1, 0.15) is 5.69 Å². The number of pyridine rings is 1. The number of hydrazine groups is 1. The van der Waals surface area contributed by atoms with Crippen LogP contribution in [0, 0.1) is 0 Å². The summed E-state index contributed by atoms with van der Waals surface area (Å²) in [5.74, 6) is 5.92. The minimum atomic E-state index is -0.229. The minimum absolute atomic E-state index is 0.226. The number of hydrogen-bond acceptors (Lipinski definition) is 6. The molecule has 1 amide bonds. The number of rotatable bonds is 5. The molecule has 7 nitrogen and oxygen atoms in total. The van der Waals surface area contributed by atoms with Crippen LogP contribution in [-0.2, 0) is 4.79 Å². The van der Waals surface area contributed by atoms with Crippen LogP contribution in [0.15, 0.2) is 29.6 Å². The number of thioether (sulfide) groups is 1. The van der Waals surface area contributed by atoms with Crippen molar-refractivity contribution in [2.45, 2.75) is 43.3 Å². The van der Waals surface area contributed by atoms with Gasteiger partial charge in [-0.05, 0) is 25.0 Å². The first kappa shape index (κ1) is 15.9. The van der Waals surface area contributed by atoms with Crippen LogP contribution in [0.4, 0.5) is 0 Å². The van der Waals surface area contributed by atoms with Crippen molar-refractivity contribution in [2.75, 3.05) is 5.75 Å². The van der Waals surface area contributed by atoms with Gasteiger partial charge in [-0.15, -0.1) is 10.2 Å². The average Bonchev–Trinajstić information content (AvgIpc) is 3.05. The molecule has 1 fully saturated rings. The molecular formula is C15H20N6OS. The Morgan fingerprint density at radius 1 is 1.30 bits per heavy atom. The second kappa shape index (κ2) is 7.56. The van der Waals surface area contributed by atoms with Gasteiger partial charge >= 0.3 is 0 Å². The molecule has 0 aliphatic heterocycles. The maximum absolute atomic E-state index is 11.4. The standard InChI is InChI=1S/C15H20N6OS/c16-18-13(22)10-23-15-20-19-14(12-8-4-5-9-17-12)21(15)11-6-2-1-3-7-11/h4-5,8-9,11H,1-3,6-7,10,16H2,(H,18,22). The molecule has 0 unspecified atom stereocenters. The van der Waals surface area contributed by atoms with E-state index in [0.717, 1.165) is 29.5 Å². The molecule has 0 radical (unpaired) electrons. The SMILES string of the molecule is NNC(=O)CSc1nnc(-c2ccccn2)n1C1CCCCC1. The Labute approximate surface area is 139 Å². The number of carbonyl (C=O) groups is 1. The highest BCUT2D eigenvalue weighted by Crippen LogP contribution is 2.34. The Bertz CT molecular complexity index is 653. The predicted molar refractivity (Wildman–Crippen MR) is 88.4 cm³/mol. The van der Waals surface area contributed by atoms with Crippen LogP contribution in [0.1, 0.15) is 38.1 Å². The van der Waals surface area contributed by atoms with Gasteiger partial charge in [0.15, 0.2) is 11.0 Å². The van der Waals surface area contributed by atoms with Crippen LogP contribution in [0.25, 0.3) is 11.5 Å². The van der Waals surface area contributed by atoms with Crippen molar-refractivity contribution < 1.29 is 4.79 Å². The van der Waals surface area contributed by atoms with Crippen LogP contribution in [-0.4, -0.2) is 31.4 Å². The summed E-state index contributed by atoms with van der Waals surface area (Å²) in [6.07, 6.45) is 7.65. The molecule has 3 N–H and O–H groups in total. The van der Waals surface area contributed by atoms with Crippen molar-refractivity contribution in [3.8, 4) is 11.5 Å². The van der Waals surface area contributed by atoms with Crippen LogP contribution < -0.4 is 11.3 Å². The van der Waals surface area contributed by atoms with E-state index in [2.05, 4.69) is 25.2 Å². The van der Waals surface area contributed by atoms with E-state index in [1.165, 1.54) is 31.0 Å². The molecule has 1 aliphatic rings. The summed E-state index contributed by atoms with van der Waals surface area (Å²) < 4.78 is 2.15. The van der Waals surface area contributed by atoms with E-state index in [1.807, 2.05) is 18.2 Å². The lowest BCUT2D eigenvalue weighted by Crippen LogP contribution is -2.31. The molecular weight excluding hydrogens is 312 g/mol. The first-order valence-electron chi connectivity index (χ1n) is 7.78. The van der Waals surface area contributed by atoms with Crippen molar-refractivity contribution in [1.29, 1.82) is 0 Å². The molecule has 0 atom stereocenters. The highest BCUT2D eigenvalue weighted by atomic mass is 32.2. The highest BCUT2D eigenvalue weighted by molar-refractivity contribution is 7.99. The van der Waals surface area contributed by atoms with Crippen LogP contribution in [0.5, 0.6) is 0 Å². The second-order valence-corrected chi connectivity index (χ2v) is 6.48. The first-order valence-corrected chi connectivity index (χ1v) is 8.76. The topological polar surface area (TPSA) is 98.7 Å². The molecule has 0 aromatic carbocycles. The van der Waals surface area contributed by atoms with E-state index in [4.69, 9.17) is 5.84 Å². The zero-order valence-corrected chi connectivity index (χ0v) is 13.6. The molecule has 0 bridgehead atoms. The van der Waals surface area contributed by atoms with Gasteiger partial charge in [-0.3, -0.25) is 19.8 Å². The summed E-state index contributed by atoms with van der Waals surface area (Å²) in [6, 6.07) is 6.12. The van der Waals surface area contributed by atoms with Crippen LogP contribution >= 0.6 is 11.8 Å². The molecule has 23 heavy (non-hydrogen) atoms. The van der Waals surface area contributed by atoms with E-state index in [1.54, 1.807) is 6.20 Å². The zero-order valence-electron chi connectivity index (χ0n) is 12.8. The lowest BCUT2D eigenvalue weighted by Gasteiger charge is -2.25. The molecule has 3 rings (SSSR count). The highest BCUT2D eigenvalue weighted by Gasteiger charge is 2.24. The number of amides is 1. The first-order chi connectivity index (χ1) is 11.3. The van der Waals surface area contributed by atoms with E-state index in [0.29, 0.717) is 6.04 Å². The normalized spacial score (nSPS) is 15.5. The summed E-state index contributed by atoms with van der Waals surface area (Å²) in [5, 5.41) is 9.37. The lowest BCUT2D eigenvalue weighted by atomic mass is 9.95. The third kappa shape index (κ3) is 3.70. The van der Waals surface area contributed by atoms with Crippen LogP contribution in [0.2, 0.25) is 0 Å².